The lowest BCUT2D eigenvalue weighted by Gasteiger charge is -2.23. The molecule has 0 heterocycles. The van der Waals surface area contributed by atoms with E-state index in [1.54, 1.807) is 31.2 Å². The van der Waals surface area contributed by atoms with Gasteiger partial charge in [0.15, 0.2) is 0 Å². The van der Waals surface area contributed by atoms with E-state index in [1.165, 1.54) is 4.90 Å². The highest BCUT2D eigenvalue weighted by Gasteiger charge is 2.30. The topological polar surface area (TPSA) is 29.3 Å². The second-order valence-electron chi connectivity index (χ2n) is 3.94. The number of hydrogen-bond acceptors (Lipinski definition) is 2. The van der Waals surface area contributed by atoms with Crippen molar-refractivity contribution in [2.24, 2.45) is 5.73 Å². The van der Waals surface area contributed by atoms with E-state index >= 15 is 0 Å². The lowest BCUT2D eigenvalue weighted by molar-refractivity contribution is -0.146. The molecule has 0 radical (unpaired) electrons. The fraction of sp³-hybridized carbons (Fsp3) is 0.417. The Bertz CT molecular complexity index is 418. The van der Waals surface area contributed by atoms with Crippen LogP contribution in [0.5, 0.6) is 0 Å². The summed E-state index contributed by atoms with van der Waals surface area (Å²) in [6.45, 7) is 1.25. The molecule has 0 bridgehead atoms. The first kappa shape index (κ1) is 14.9. The lowest BCUT2D eigenvalue weighted by Crippen LogP contribution is -2.34. The van der Waals surface area contributed by atoms with E-state index in [1.807, 2.05) is 0 Å². The normalized spacial score (nSPS) is 11.8. The summed E-state index contributed by atoms with van der Waals surface area (Å²) in [5.41, 5.74) is 6.90. The summed E-state index contributed by atoms with van der Waals surface area (Å²) >= 11 is 4.89. The van der Waals surface area contributed by atoms with Gasteiger partial charge in [0.25, 0.3) is 0 Å². The number of halogens is 3. The maximum atomic E-state index is 12.4. The molecular formula is C12H15F3N2S. The Hall–Kier alpha value is -1.14. The minimum atomic E-state index is -4.20. The van der Waals surface area contributed by atoms with Crippen molar-refractivity contribution in [1.29, 1.82) is 0 Å². The highest BCUT2D eigenvalue weighted by Crippen LogP contribution is 2.19. The fourth-order valence-electron chi connectivity index (χ4n) is 1.67. The summed E-state index contributed by atoms with van der Waals surface area (Å²) in [6.07, 6.45) is -4.20. The molecule has 0 aliphatic rings. The van der Waals surface area contributed by atoms with Crippen LogP contribution in [0.3, 0.4) is 0 Å². The second-order valence-corrected chi connectivity index (χ2v) is 4.38. The van der Waals surface area contributed by atoms with Crippen molar-refractivity contribution >= 4 is 17.2 Å². The number of hydrogen-bond donors (Lipinski definition) is 1. The van der Waals surface area contributed by atoms with Crippen LogP contribution in [0, 0.1) is 0 Å². The van der Waals surface area contributed by atoms with Crippen LogP contribution >= 0.6 is 12.2 Å². The van der Waals surface area contributed by atoms with E-state index < -0.39 is 12.7 Å². The number of alkyl halides is 3. The summed E-state index contributed by atoms with van der Waals surface area (Å²) in [5, 5.41) is 0. The van der Waals surface area contributed by atoms with E-state index in [2.05, 4.69) is 0 Å². The third-order valence-corrected chi connectivity index (χ3v) is 2.75. The van der Waals surface area contributed by atoms with Crippen LogP contribution in [0.15, 0.2) is 24.3 Å². The van der Waals surface area contributed by atoms with Gasteiger partial charge in [-0.1, -0.05) is 43.4 Å². The van der Waals surface area contributed by atoms with Gasteiger partial charge in [-0.3, -0.25) is 4.90 Å². The van der Waals surface area contributed by atoms with Gasteiger partial charge in [0, 0.05) is 12.1 Å². The molecule has 0 aliphatic heterocycles. The monoisotopic (exact) mass is 276 g/mol. The minimum absolute atomic E-state index is 0.184. The van der Waals surface area contributed by atoms with Gasteiger partial charge >= 0.3 is 6.18 Å². The zero-order valence-corrected chi connectivity index (χ0v) is 10.8. The zero-order valence-electron chi connectivity index (χ0n) is 10.00. The Kier molecular flexibility index (Phi) is 5.10. The highest BCUT2D eigenvalue weighted by atomic mass is 32.1. The Morgan fingerprint density at radius 3 is 2.44 bits per heavy atom. The number of thiocarbonyl (C=S) groups is 1. The summed E-state index contributed by atoms with van der Waals surface area (Å²) in [7, 11) is 0. The van der Waals surface area contributed by atoms with Crippen LogP contribution in [-0.2, 0) is 6.54 Å². The molecule has 0 amide bonds. The van der Waals surface area contributed by atoms with Crippen molar-refractivity contribution < 1.29 is 13.2 Å². The lowest BCUT2D eigenvalue weighted by atomic mass is 10.1. The second kappa shape index (κ2) is 6.15. The van der Waals surface area contributed by atoms with Crippen molar-refractivity contribution in [3.05, 3.63) is 35.4 Å². The van der Waals surface area contributed by atoms with Gasteiger partial charge in [-0.05, 0) is 12.1 Å². The largest absolute Gasteiger partial charge is 0.401 e. The van der Waals surface area contributed by atoms with E-state index in [-0.39, 0.29) is 11.5 Å². The quantitative estimate of drug-likeness (QED) is 0.838. The third kappa shape index (κ3) is 4.62. The molecule has 0 aromatic heterocycles. The van der Waals surface area contributed by atoms with E-state index in [0.717, 1.165) is 5.56 Å². The molecule has 0 atom stereocenters. The average Bonchev–Trinajstić information content (AvgIpc) is 2.26. The summed E-state index contributed by atoms with van der Waals surface area (Å²) in [5.74, 6) is 0. The number of rotatable bonds is 5. The maximum absolute atomic E-state index is 12.4. The Labute approximate surface area is 110 Å². The molecule has 6 heteroatoms. The van der Waals surface area contributed by atoms with Crippen LogP contribution in [0.1, 0.15) is 18.1 Å². The molecule has 100 valence electrons. The van der Waals surface area contributed by atoms with Crippen LogP contribution < -0.4 is 5.73 Å². The zero-order chi connectivity index (χ0) is 13.8. The smallest absolute Gasteiger partial charge is 0.389 e. The van der Waals surface area contributed by atoms with Gasteiger partial charge in [-0.25, -0.2) is 0 Å². The van der Waals surface area contributed by atoms with Crippen LogP contribution in [-0.4, -0.2) is 29.2 Å². The van der Waals surface area contributed by atoms with Gasteiger partial charge in [-0.15, -0.1) is 0 Å². The maximum Gasteiger partial charge on any atom is 0.401 e. The third-order valence-electron chi connectivity index (χ3n) is 2.53. The fourth-order valence-corrected chi connectivity index (χ4v) is 1.87. The number of nitrogens with two attached hydrogens (primary N) is 1. The van der Waals surface area contributed by atoms with Crippen molar-refractivity contribution in [1.82, 2.24) is 4.90 Å². The SMILES string of the molecule is CCN(Cc1ccccc1C(N)=S)CC(F)(F)F. The number of benzene rings is 1. The Morgan fingerprint density at radius 1 is 1.33 bits per heavy atom. The standard InChI is InChI=1S/C12H15F3N2S/c1-2-17(8-12(13,14)15)7-9-5-3-4-6-10(9)11(16)18/h3-6H,2,7-8H2,1H3,(H2,16,18). The van der Waals surface area contributed by atoms with Crippen molar-refractivity contribution in [2.75, 3.05) is 13.1 Å². The van der Waals surface area contributed by atoms with E-state index in [4.69, 9.17) is 18.0 Å². The highest BCUT2D eigenvalue weighted by molar-refractivity contribution is 7.80. The van der Waals surface area contributed by atoms with E-state index in [0.29, 0.717) is 12.1 Å². The van der Waals surface area contributed by atoms with Gasteiger partial charge in [0.2, 0.25) is 0 Å². The summed E-state index contributed by atoms with van der Waals surface area (Å²) in [4.78, 5) is 1.51. The predicted octanol–water partition coefficient (Wildman–Crippen LogP) is 2.71. The summed E-state index contributed by atoms with van der Waals surface area (Å²) < 4.78 is 37.1. The average molecular weight is 276 g/mol. The first-order valence-corrected chi connectivity index (χ1v) is 5.91. The molecule has 2 N–H and O–H groups in total. The molecule has 2 nitrogen and oxygen atoms in total. The molecule has 1 aromatic rings. The van der Waals surface area contributed by atoms with Crippen molar-refractivity contribution in [3.8, 4) is 0 Å². The molecular weight excluding hydrogens is 261 g/mol. The van der Waals surface area contributed by atoms with E-state index in [9.17, 15) is 13.2 Å². The van der Waals surface area contributed by atoms with Gasteiger partial charge in [-0.2, -0.15) is 13.2 Å². The molecule has 0 unspecified atom stereocenters. The molecule has 18 heavy (non-hydrogen) atoms. The van der Waals surface area contributed by atoms with Gasteiger partial charge < -0.3 is 5.73 Å². The first-order valence-electron chi connectivity index (χ1n) is 5.50. The first-order chi connectivity index (χ1) is 8.33. The molecule has 1 aromatic carbocycles. The molecule has 0 fully saturated rings. The number of nitrogens with zero attached hydrogens (tertiary/aromatic N) is 1. The minimum Gasteiger partial charge on any atom is -0.389 e. The molecule has 1 rings (SSSR count). The molecule has 0 saturated carbocycles. The van der Waals surface area contributed by atoms with Crippen LogP contribution in [0.4, 0.5) is 13.2 Å². The van der Waals surface area contributed by atoms with Gasteiger partial charge in [0.1, 0.15) is 4.99 Å². The molecule has 0 aliphatic carbocycles. The Morgan fingerprint density at radius 2 is 1.94 bits per heavy atom. The van der Waals surface area contributed by atoms with Crippen molar-refractivity contribution in [2.45, 2.75) is 19.6 Å². The molecule has 0 saturated heterocycles. The Balaban J connectivity index is 2.85. The van der Waals surface area contributed by atoms with Crippen LogP contribution in [0.2, 0.25) is 0 Å². The molecule has 0 spiro atoms. The van der Waals surface area contributed by atoms with Gasteiger partial charge in [0.05, 0.1) is 6.54 Å². The predicted molar refractivity (Wildman–Crippen MR) is 69.3 cm³/mol. The summed E-state index contributed by atoms with van der Waals surface area (Å²) in [6, 6.07) is 6.99. The van der Waals surface area contributed by atoms with Crippen LogP contribution in [0.25, 0.3) is 0 Å². The van der Waals surface area contributed by atoms with Crippen molar-refractivity contribution in [3.63, 3.8) is 0 Å².